The van der Waals surface area contributed by atoms with E-state index in [2.05, 4.69) is 24.4 Å². The van der Waals surface area contributed by atoms with E-state index in [4.69, 9.17) is 11.6 Å². The highest BCUT2D eigenvalue weighted by Gasteiger charge is 2.03. The lowest BCUT2D eigenvalue weighted by Crippen LogP contribution is -2.25. The highest BCUT2D eigenvalue weighted by Crippen LogP contribution is 2.06. The predicted octanol–water partition coefficient (Wildman–Crippen LogP) is 3.39. The fraction of sp³-hybridized carbons (Fsp3) is 0.533. The minimum absolute atomic E-state index is 0.136. The summed E-state index contributed by atoms with van der Waals surface area (Å²) in [6, 6.07) is 10.1. The van der Waals surface area contributed by atoms with E-state index in [1.807, 2.05) is 18.2 Å². The Labute approximate surface area is 115 Å². The minimum Gasteiger partial charge on any atom is -0.356 e. The first-order valence-corrected chi connectivity index (χ1v) is 7.12. The van der Waals surface area contributed by atoms with E-state index in [-0.39, 0.29) is 5.91 Å². The van der Waals surface area contributed by atoms with Crippen molar-refractivity contribution < 1.29 is 4.79 Å². The van der Waals surface area contributed by atoms with Crippen LogP contribution in [-0.4, -0.2) is 18.3 Å². The monoisotopic (exact) mass is 267 g/mol. The molecule has 1 N–H and O–H groups in total. The molecule has 3 heteroatoms. The van der Waals surface area contributed by atoms with E-state index in [0.717, 1.165) is 25.8 Å². The average Bonchev–Trinajstić information content (AvgIpc) is 2.42. The lowest BCUT2D eigenvalue weighted by Gasteiger charge is -2.08. The molecular formula is C15H22ClNO. The van der Waals surface area contributed by atoms with Crippen molar-refractivity contribution in [1.29, 1.82) is 0 Å². The Morgan fingerprint density at radius 2 is 2.06 bits per heavy atom. The summed E-state index contributed by atoms with van der Waals surface area (Å²) in [4.78, 5) is 11.6. The molecule has 1 atom stereocenters. The molecule has 100 valence electrons. The van der Waals surface area contributed by atoms with Gasteiger partial charge in [-0.1, -0.05) is 37.3 Å². The van der Waals surface area contributed by atoms with Crippen molar-refractivity contribution in [3.63, 3.8) is 0 Å². The van der Waals surface area contributed by atoms with E-state index in [1.165, 1.54) is 5.56 Å². The topological polar surface area (TPSA) is 29.1 Å². The van der Waals surface area contributed by atoms with Gasteiger partial charge in [-0.15, -0.1) is 11.6 Å². The molecule has 1 unspecified atom stereocenters. The van der Waals surface area contributed by atoms with E-state index < -0.39 is 0 Å². The second-order valence-electron chi connectivity index (χ2n) is 4.74. The molecule has 0 aliphatic carbocycles. The van der Waals surface area contributed by atoms with Crippen LogP contribution in [0.5, 0.6) is 0 Å². The van der Waals surface area contributed by atoms with Crippen molar-refractivity contribution >= 4 is 17.5 Å². The van der Waals surface area contributed by atoms with Gasteiger partial charge >= 0.3 is 0 Å². The molecule has 2 nitrogen and oxygen atoms in total. The third kappa shape index (κ3) is 6.65. The number of hydrogen-bond donors (Lipinski definition) is 1. The van der Waals surface area contributed by atoms with E-state index in [0.29, 0.717) is 18.2 Å². The first-order chi connectivity index (χ1) is 8.72. The summed E-state index contributed by atoms with van der Waals surface area (Å²) in [5.41, 5.74) is 1.21. The normalized spacial score (nSPS) is 12.1. The smallest absolute Gasteiger partial charge is 0.220 e. The molecule has 0 aliphatic heterocycles. The van der Waals surface area contributed by atoms with Gasteiger partial charge in [0.1, 0.15) is 0 Å². The summed E-state index contributed by atoms with van der Waals surface area (Å²) in [6.45, 7) is 2.89. The van der Waals surface area contributed by atoms with Crippen molar-refractivity contribution in [3.8, 4) is 0 Å². The molecular weight excluding hydrogens is 246 g/mol. The third-order valence-corrected chi connectivity index (χ3v) is 3.47. The Bertz CT molecular complexity index is 340. The highest BCUT2D eigenvalue weighted by molar-refractivity contribution is 6.18. The largest absolute Gasteiger partial charge is 0.356 e. The molecule has 1 aromatic rings. The van der Waals surface area contributed by atoms with E-state index >= 15 is 0 Å². The number of amides is 1. The van der Waals surface area contributed by atoms with Crippen LogP contribution in [-0.2, 0) is 11.2 Å². The summed E-state index contributed by atoms with van der Waals surface area (Å²) in [6.07, 6.45) is 3.45. The van der Waals surface area contributed by atoms with Gasteiger partial charge < -0.3 is 5.32 Å². The molecule has 18 heavy (non-hydrogen) atoms. The van der Waals surface area contributed by atoms with Gasteiger partial charge in [-0.2, -0.15) is 0 Å². The molecule has 0 heterocycles. The number of rotatable bonds is 8. The zero-order valence-electron chi connectivity index (χ0n) is 11.0. The van der Waals surface area contributed by atoms with Gasteiger partial charge in [0.15, 0.2) is 0 Å². The predicted molar refractivity (Wildman–Crippen MR) is 76.9 cm³/mol. The van der Waals surface area contributed by atoms with Crippen LogP contribution in [0.3, 0.4) is 0 Å². The van der Waals surface area contributed by atoms with Gasteiger partial charge in [0.05, 0.1) is 0 Å². The second kappa shape index (κ2) is 8.98. The minimum atomic E-state index is 0.136. The molecule has 0 radical (unpaired) electrons. The van der Waals surface area contributed by atoms with Gasteiger partial charge in [-0.05, 0) is 30.7 Å². The molecule has 0 saturated heterocycles. The Morgan fingerprint density at radius 1 is 1.33 bits per heavy atom. The maximum Gasteiger partial charge on any atom is 0.220 e. The molecule has 1 amide bonds. The Morgan fingerprint density at radius 3 is 2.72 bits per heavy atom. The number of carbonyl (C=O) groups is 1. The summed E-state index contributed by atoms with van der Waals surface area (Å²) < 4.78 is 0. The van der Waals surface area contributed by atoms with Gasteiger partial charge in [-0.25, -0.2) is 0 Å². The van der Waals surface area contributed by atoms with E-state index in [9.17, 15) is 4.79 Å². The lowest BCUT2D eigenvalue weighted by atomic mass is 10.1. The van der Waals surface area contributed by atoms with Crippen LogP contribution in [0.15, 0.2) is 30.3 Å². The standard InChI is InChI=1S/C15H22ClNO/c1-13(12-16)6-5-11-17-15(18)10-9-14-7-3-2-4-8-14/h2-4,7-8,13H,5-6,9-12H2,1H3,(H,17,18). The second-order valence-corrected chi connectivity index (χ2v) is 5.05. The van der Waals surface area contributed by atoms with Crippen LogP contribution in [0.2, 0.25) is 0 Å². The number of alkyl halides is 1. The molecule has 0 spiro atoms. The van der Waals surface area contributed by atoms with Crippen LogP contribution in [0.25, 0.3) is 0 Å². The molecule has 0 saturated carbocycles. The quantitative estimate of drug-likeness (QED) is 0.568. The zero-order valence-corrected chi connectivity index (χ0v) is 11.7. The number of aryl methyl sites for hydroxylation is 1. The number of benzene rings is 1. The van der Waals surface area contributed by atoms with Crippen LogP contribution in [0.1, 0.15) is 31.7 Å². The number of carbonyl (C=O) groups excluding carboxylic acids is 1. The number of hydrogen-bond acceptors (Lipinski definition) is 1. The SMILES string of the molecule is CC(CCl)CCCNC(=O)CCc1ccccc1. The number of halogens is 1. The van der Waals surface area contributed by atoms with Gasteiger partial charge in [-0.3, -0.25) is 4.79 Å². The van der Waals surface area contributed by atoms with Crippen LogP contribution in [0.4, 0.5) is 0 Å². The maximum absolute atomic E-state index is 11.6. The summed E-state index contributed by atoms with van der Waals surface area (Å²) >= 11 is 5.72. The average molecular weight is 268 g/mol. The molecule has 0 aliphatic rings. The number of nitrogens with one attached hydrogen (secondary N) is 1. The Balaban J connectivity index is 2.07. The van der Waals surface area contributed by atoms with Crippen molar-refractivity contribution in [2.24, 2.45) is 5.92 Å². The molecule has 0 bridgehead atoms. The molecule has 1 aromatic carbocycles. The highest BCUT2D eigenvalue weighted by atomic mass is 35.5. The Hall–Kier alpha value is -1.02. The van der Waals surface area contributed by atoms with Crippen molar-refractivity contribution in [3.05, 3.63) is 35.9 Å². The van der Waals surface area contributed by atoms with Gasteiger partial charge in [0, 0.05) is 18.8 Å². The molecule has 0 aromatic heterocycles. The van der Waals surface area contributed by atoms with E-state index in [1.54, 1.807) is 0 Å². The Kier molecular flexibility index (Phi) is 7.51. The zero-order chi connectivity index (χ0) is 13.2. The summed E-state index contributed by atoms with van der Waals surface area (Å²) in [5.74, 6) is 1.37. The first kappa shape index (κ1) is 15.0. The van der Waals surface area contributed by atoms with Crippen LogP contribution in [0, 0.1) is 5.92 Å². The van der Waals surface area contributed by atoms with Crippen LogP contribution < -0.4 is 5.32 Å². The molecule has 0 fully saturated rings. The maximum atomic E-state index is 11.6. The van der Waals surface area contributed by atoms with Crippen molar-refractivity contribution in [2.45, 2.75) is 32.6 Å². The van der Waals surface area contributed by atoms with Gasteiger partial charge in [0.2, 0.25) is 5.91 Å². The lowest BCUT2D eigenvalue weighted by molar-refractivity contribution is -0.121. The van der Waals surface area contributed by atoms with Gasteiger partial charge in [0.25, 0.3) is 0 Å². The van der Waals surface area contributed by atoms with Crippen molar-refractivity contribution in [2.75, 3.05) is 12.4 Å². The van der Waals surface area contributed by atoms with Crippen LogP contribution >= 0.6 is 11.6 Å². The fourth-order valence-corrected chi connectivity index (χ4v) is 1.90. The summed E-state index contributed by atoms with van der Waals surface area (Å²) in [7, 11) is 0. The first-order valence-electron chi connectivity index (χ1n) is 6.59. The molecule has 1 rings (SSSR count). The third-order valence-electron chi connectivity index (χ3n) is 2.94. The van der Waals surface area contributed by atoms with Crippen molar-refractivity contribution in [1.82, 2.24) is 5.32 Å². The summed E-state index contributed by atoms with van der Waals surface area (Å²) in [5, 5.41) is 2.95. The fourth-order valence-electron chi connectivity index (χ4n) is 1.75.